The maximum absolute atomic E-state index is 10.2. The highest BCUT2D eigenvalue weighted by atomic mass is 32.2. The highest BCUT2D eigenvalue weighted by Crippen LogP contribution is 1.86. The van der Waals surface area contributed by atoms with E-state index in [1.54, 1.807) is 0 Å². The van der Waals surface area contributed by atoms with Gasteiger partial charge in [-0.15, -0.1) is 0 Å². The van der Waals surface area contributed by atoms with Gasteiger partial charge in [0.1, 0.15) is 15.9 Å². The zero-order valence-electron chi connectivity index (χ0n) is 4.96. The van der Waals surface area contributed by atoms with Crippen LogP contribution in [0.1, 0.15) is 13.3 Å². The van der Waals surface area contributed by atoms with Crippen molar-refractivity contribution in [2.75, 3.05) is 5.75 Å². The molecule has 0 radical (unpaired) electrons. The van der Waals surface area contributed by atoms with E-state index >= 15 is 0 Å². The number of carbonyl (C=O) groups is 1. The summed E-state index contributed by atoms with van der Waals surface area (Å²) in [6.45, 7) is 1.51. The lowest BCUT2D eigenvalue weighted by molar-refractivity contribution is -0.116. The molecule has 0 amide bonds. The van der Waals surface area contributed by atoms with E-state index in [1.165, 1.54) is 6.92 Å². The van der Waals surface area contributed by atoms with E-state index in [-0.39, 0.29) is 6.42 Å². The van der Waals surface area contributed by atoms with Crippen molar-refractivity contribution in [2.24, 2.45) is 0 Å². The van der Waals surface area contributed by atoms with Crippen LogP contribution in [0.2, 0.25) is 0 Å². The molecule has 0 atom stereocenters. The van der Waals surface area contributed by atoms with E-state index in [0.717, 1.165) is 0 Å². The van der Waals surface area contributed by atoms with Gasteiger partial charge in [-0.1, -0.05) is 6.92 Å². The Labute approximate surface area is 53.6 Å². The normalized spacial score (nSPS) is 11.3. The molecule has 0 aliphatic carbocycles. The molecule has 9 heavy (non-hydrogen) atoms. The van der Waals surface area contributed by atoms with Gasteiger partial charge in [0.2, 0.25) is 0 Å². The minimum Gasteiger partial charge on any atom is -0.748 e. The van der Waals surface area contributed by atoms with Crippen LogP contribution in [0.3, 0.4) is 0 Å². The molecule has 0 aliphatic rings. The molecule has 0 aromatic carbocycles. The van der Waals surface area contributed by atoms with Crippen molar-refractivity contribution in [3.05, 3.63) is 0 Å². The van der Waals surface area contributed by atoms with Crippen molar-refractivity contribution >= 4 is 15.9 Å². The predicted molar refractivity (Wildman–Crippen MR) is 29.9 cm³/mol. The second-order valence-corrected chi connectivity index (χ2v) is 3.00. The first kappa shape index (κ1) is 8.58. The fraction of sp³-hybridized carbons (Fsp3) is 0.750. The van der Waals surface area contributed by atoms with Crippen LogP contribution >= 0.6 is 0 Å². The van der Waals surface area contributed by atoms with Crippen LogP contribution in [0.25, 0.3) is 0 Å². The summed E-state index contributed by atoms with van der Waals surface area (Å²) in [5.74, 6) is -1.41. The molecule has 0 spiro atoms. The van der Waals surface area contributed by atoms with Gasteiger partial charge in [0.25, 0.3) is 0 Å². The van der Waals surface area contributed by atoms with Crippen LogP contribution in [-0.4, -0.2) is 24.5 Å². The van der Waals surface area contributed by atoms with Crippen LogP contribution in [-0.2, 0) is 14.9 Å². The fourth-order valence-electron chi connectivity index (χ4n) is 0.299. The van der Waals surface area contributed by atoms with Gasteiger partial charge in [0.15, 0.2) is 0 Å². The van der Waals surface area contributed by atoms with Gasteiger partial charge >= 0.3 is 0 Å². The number of hydrogen-bond donors (Lipinski definition) is 0. The lowest BCUT2D eigenvalue weighted by Crippen LogP contribution is -2.13. The lowest BCUT2D eigenvalue weighted by atomic mass is 10.4. The third-order valence-electron chi connectivity index (χ3n) is 0.732. The van der Waals surface area contributed by atoms with E-state index in [0.29, 0.717) is 0 Å². The second kappa shape index (κ2) is 2.93. The summed E-state index contributed by atoms with van der Waals surface area (Å²) in [4.78, 5) is 10.2. The van der Waals surface area contributed by atoms with E-state index in [9.17, 15) is 17.8 Å². The summed E-state index contributed by atoms with van der Waals surface area (Å²) in [7, 11) is -4.33. The van der Waals surface area contributed by atoms with E-state index < -0.39 is 21.7 Å². The molecule has 4 nitrogen and oxygen atoms in total. The van der Waals surface area contributed by atoms with Gasteiger partial charge in [0.05, 0.1) is 5.75 Å². The summed E-state index contributed by atoms with van der Waals surface area (Å²) in [5.41, 5.74) is 0. The molecule has 0 N–H and O–H groups in total. The third kappa shape index (κ3) is 5.45. The topological polar surface area (TPSA) is 74.3 Å². The number of rotatable bonds is 3. The zero-order chi connectivity index (χ0) is 7.49. The molecule has 0 unspecified atom stereocenters. The highest BCUT2D eigenvalue weighted by Gasteiger charge is 2.02. The first-order valence-electron chi connectivity index (χ1n) is 2.41. The van der Waals surface area contributed by atoms with Crippen molar-refractivity contribution in [1.29, 1.82) is 0 Å². The Morgan fingerprint density at radius 1 is 1.56 bits per heavy atom. The Kier molecular flexibility index (Phi) is 2.80. The molecule has 54 valence electrons. The molecule has 0 aliphatic heterocycles. The quantitative estimate of drug-likeness (QED) is 0.510. The highest BCUT2D eigenvalue weighted by molar-refractivity contribution is 7.86. The molecule has 0 saturated carbocycles. The zero-order valence-corrected chi connectivity index (χ0v) is 5.77. The summed E-state index contributed by atoms with van der Waals surface area (Å²) in [5, 5.41) is 0. The van der Waals surface area contributed by atoms with Crippen molar-refractivity contribution in [1.82, 2.24) is 0 Å². The molecule has 0 fully saturated rings. The minimum atomic E-state index is -4.33. The van der Waals surface area contributed by atoms with Crippen LogP contribution in [0, 0.1) is 0 Å². The maximum atomic E-state index is 10.2. The number of hydrogen-bond acceptors (Lipinski definition) is 4. The monoisotopic (exact) mass is 151 g/mol. The molecule has 0 aromatic heterocycles. The predicted octanol–water partition coefficient (Wildman–Crippen LogP) is -0.489. The smallest absolute Gasteiger partial charge is 0.146 e. The Morgan fingerprint density at radius 3 is 2.11 bits per heavy atom. The van der Waals surface area contributed by atoms with Gasteiger partial charge in [-0.2, -0.15) is 0 Å². The molecular weight excluding hydrogens is 144 g/mol. The molecule has 0 rings (SSSR count). The van der Waals surface area contributed by atoms with E-state index in [1.807, 2.05) is 0 Å². The minimum absolute atomic E-state index is 0.0987. The van der Waals surface area contributed by atoms with Crippen molar-refractivity contribution in [3.8, 4) is 0 Å². The first-order chi connectivity index (χ1) is 3.95. The SMILES string of the molecule is CCC(=O)CS(=O)(=O)[O-]. The average molecular weight is 151 g/mol. The van der Waals surface area contributed by atoms with Gasteiger partial charge in [-0.05, 0) is 0 Å². The summed E-state index contributed by atoms with van der Waals surface area (Å²) in [6.07, 6.45) is 0.0987. The van der Waals surface area contributed by atoms with Crippen molar-refractivity contribution < 1.29 is 17.8 Å². The Hall–Kier alpha value is -0.420. The third-order valence-corrected chi connectivity index (χ3v) is 1.41. The van der Waals surface area contributed by atoms with Crippen LogP contribution in [0.4, 0.5) is 0 Å². The van der Waals surface area contributed by atoms with Gasteiger partial charge in [-0.3, -0.25) is 4.79 Å². The number of ketones is 1. The van der Waals surface area contributed by atoms with Crippen LogP contribution < -0.4 is 0 Å². The molecule has 0 saturated heterocycles. The second-order valence-electron chi connectivity index (χ2n) is 1.59. The fourth-order valence-corrected chi connectivity index (χ4v) is 0.898. The Balaban J connectivity index is 3.91. The summed E-state index contributed by atoms with van der Waals surface area (Å²) >= 11 is 0. The van der Waals surface area contributed by atoms with Crippen molar-refractivity contribution in [2.45, 2.75) is 13.3 Å². The molecule has 5 heteroatoms. The molecule has 0 aromatic rings. The van der Waals surface area contributed by atoms with E-state index in [2.05, 4.69) is 0 Å². The Bertz CT molecular complexity index is 191. The van der Waals surface area contributed by atoms with Crippen molar-refractivity contribution in [3.63, 3.8) is 0 Å². The number of Topliss-reactive ketones (excluding diaryl/α,β-unsaturated/α-hetero) is 1. The average Bonchev–Trinajstić information content (AvgIpc) is 1.62. The van der Waals surface area contributed by atoms with Gasteiger partial charge in [0, 0.05) is 6.42 Å². The maximum Gasteiger partial charge on any atom is 0.146 e. The van der Waals surface area contributed by atoms with Crippen LogP contribution in [0.5, 0.6) is 0 Å². The van der Waals surface area contributed by atoms with E-state index in [4.69, 9.17) is 0 Å². The van der Waals surface area contributed by atoms with Crippen LogP contribution in [0.15, 0.2) is 0 Å². The largest absolute Gasteiger partial charge is 0.748 e. The Morgan fingerprint density at radius 2 is 2.00 bits per heavy atom. The lowest BCUT2D eigenvalue weighted by Gasteiger charge is -2.02. The standard InChI is InChI=1S/C4H8O4S/c1-2-4(5)3-9(6,7)8/h2-3H2,1H3,(H,6,7,8)/p-1. The number of carbonyl (C=O) groups excluding carboxylic acids is 1. The summed E-state index contributed by atoms with van der Waals surface area (Å²) in [6, 6.07) is 0. The van der Waals surface area contributed by atoms with Gasteiger partial charge < -0.3 is 4.55 Å². The summed E-state index contributed by atoms with van der Waals surface area (Å²) < 4.78 is 29.5. The molecule has 0 bridgehead atoms. The van der Waals surface area contributed by atoms with Gasteiger partial charge in [-0.25, -0.2) is 8.42 Å². The molecular formula is C4H7O4S-. The molecule has 0 heterocycles. The first-order valence-corrected chi connectivity index (χ1v) is 3.98.